The third kappa shape index (κ3) is 6.00. The predicted molar refractivity (Wildman–Crippen MR) is 124 cm³/mol. The maximum absolute atomic E-state index is 13.6. The van der Waals surface area contributed by atoms with Crippen LogP contribution in [0, 0.1) is 27.7 Å². The summed E-state index contributed by atoms with van der Waals surface area (Å²) in [5.41, 5.74) is 2.10. The van der Waals surface area contributed by atoms with Gasteiger partial charge in [-0.25, -0.2) is 8.78 Å². The molecule has 0 fully saturated rings. The van der Waals surface area contributed by atoms with Crippen LogP contribution in [0.2, 0.25) is 0 Å². The van der Waals surface area contributed by atoms with Crippen molar-refractivity contribution in [1.29, 1.82) is 0 Å². The summed E-state index contributed by atoms with van der Waals surface area (Å²) in [5, 5.41) is 0. The molecule has 0 atom stereocenters. The molecule has 3 nitrogen and oxygen atoms in total. The maximum atomic E-state index is 13.6. The Labute approximate surface area is 201 Å². The Hall–Kier alpha value is -1.82. The molecule has 1 aromatic heterocycles. The van der Waals surface area contributed by atoms with E-state index in [9.17, 15) is 22.0 Å². The average Bonchev–Trinajstić information content (AvgIpc) is 3.06. The first-order chi connectivity index (χ1) is 15.1. The van der Waals surface area contributed by atoms with E-state index >= 15 is 0 Å². The predicted octanol–water partition coefficient (Wildman–Crippen LogP) is 8.41. The van der Waals surface area contributed by atoms with Crippen LogP contribution in [0.3, 0.4) is 0 Å². The molecule has 3 aromatic rings. The lowest BCUT2D eigenvalue weighted by Crippen LogP contribution is -2.21. The van der Waals surface area contributed by atoms with Crippen LogP contribution in [0.1, 0.15) is 33.6 Å². The highest BCUT2D eigenvalue weighted by molar-refractivity contribution is 9.10. The number of alkyl halides is 5. The van der Waals surface area contributed by atoms with E-state index in [1.807, 2.05) is 30.3 Å². The Morgan fingerprint density at radius 2 is 1.48 bits per heavy atom. The summed E-state index contributed by atoms with van der Waals surface area (Å²) in [7, 11) is -5.84. The van der Waals surface area contributed by atoms with Gasteiger partial charge < -0.3 is 0 Å². The number of aryl methyl sites for hydroxylation is 1. The quantitative estimate of drug-likeness (QED) is 0.195. The first-order valence-corrected chi connectivity index (χ1v) is 12.4. The molecule has 0 saturated carbocycles. The van der Waals surface area contributed by atoms with Crippen LogP contribution in [0.25, 0.3) is 21.6 Å². The zero-order chi connectivity index (χ0) is 25.3. The van der Waals surface area contributed by atoms with Crippen LogP contribution in [0.15, 0.2) is 40.9 Å². The van der Waals surface area contributed by atoms with Crippen LogP contribution in [0.5, 0.6) is 0 Å². The second kappa shape index (κ2) is 10.2. The number of hydrogen-bond donors (Lipinski definition) is 1. The van der Waals surface area contributed by atoms with Crippen LogP contribution in [0.4, 0.5) is 22.0 Å². The highest BCUT2D eigenvalue weighted by atomic mass is 79.9. The summed E-state index contributed by atoms with van der Waals surface area (Å²) < 4.78 is 85.2. The molecule has 1 N–H and O–H groups in total. The van der Waals surface area contributed by atoms with E-state index in [4.69, 9.17) is 13.0 Å². The Kier molecular flexibility index (Phi) is 8.48. The number of rotatable bonds is 3. The standard InChI is InChI=1S/C21H19BrF2S.CHF3O3S/c1-11-10-16(14(4)13(3)12(11)2)17-18(22)20(21(23)24)25-19(17)15-8-6-5-7-9-15;2-1(3,4)8(5,6)7/h5-10,21H,1-4H3;(H,5,6,7). The van der Waals surface area contributed by atoms with Crippen LogP contribution >= 0.6 is 27.3 Å². The molecule has 0 amide bonds. The summed E-state index contributed by atoms with van der Waals surface area (Å²) in [6.07, 6.45) is -2.50. The van der Waals surface area contributed by atoms with Gasteiger partial charge in [-0.15, -0.1) is 11.3 Å². The van der Waals surface area contributed by atoms with Crippen molar-refractivity contribution < 1.29 is 34.9 Å². The fraction of sp³-hybridized carbons (Fsp3) is 0.273. The summed E-state index contributed by atoms with van der Waals surface area (Å²) >= 11 is 4.64. The van der Waals surface area contributed by atoms with Crippen LogP contribution < -0.4 is 0 Å². The van der Waals surface area contributed by atoms with Gasteiger partial charge in [-0.2, -0.15) is 21.6 Å². The molecule has 0 bridgehead atoms. The van der Waals surface area contributed by atoms with Crippen molar-refractivity contribution in [1.82, 2.24) is 0 Å². The molecule has 33 heavy (non-hydrogen) atoms. The summed E-state index contributed by atoms with van der Waals surface area (Å²) in [5.74, 6) is 0. The normalized spacial score (nSPS) is 12.0. The van der Waals surface area contributed by atoms with Crippen LogP contribution in [-0.2, 0) is 10.1 Å². The number of halogens is 6. The molecule has 1 heterocycles. The van der Waals surface area contributed by atoms with Crippen molar-refractivity contribution in [3.63, 3.8) is 0 Å². The van der Waals surface area contributed by atoms with Gasteiger partial charge in [0.1, 0.15) is 0 Å². The summed E-state index contributed by atoms with van der Waals surface area (Å²) in [6, 6.07) is 11.9. The van der Waals surface area contributed by atoms with Gasteiger partial charge in [0.25, 0.3) is 6.43 Å². The molecular weight excluding hydrogens is 551 g/mol. The zero-order valence-electron chi connectivity index (χ0n) is 17.9. The smallest absolute Gasteiger partial charge is 0.279 e. The van der Waals surface area contributed by atoms with Crippen molar-refractivity contribution in [2.75, 3.05) is 0 Å². The molecule has 2 aromatic carbocycles. The topological polar surface area (TPSA) is 54.4 Å². The van der Waals surface area contributed by atoms with E-state index in [-0.39, 0.29) is 4.88 Å². The SMILES string of the molecule is Cc1cc(-c2c(-c3ccccc3)sc(C(F)F)c2Br)c(C)c(C)c1C.O=S(=O)(O)C(F)(F)F. The van der Waals surface area contributed by atoms with Gasteiger partial charge >= 0.3 is 15.6 Å². The third-order valence-corrected chi connectivity index (χ3v) is 8.07. The molecule has 0 aliphatic rings. The monoisotopic (exact) mass is 570 g/mol. The van der Waals surface area contributed by atoms with Crippen molar-refractivity contribution >= 4 is 37.4 Å². The molecule has 0 saturated heterocycles. The fourth-order valence-corrected chi connectivity index (χ4v) is 5.10. The van der Waals surface area contributed by atoms with Gasteiger partial charge in [0, 0.05) is 14.9 Å². The minimum absolute atomic E-state index is 0.0872. The van der Waals surface area contributed by atoms with Gasteiger partial charge in [0.05, 0.1) is 4.88 Å². The van der Waals surface area contributed by atoms with E-state index in [0.717, 1.165) is 27.1 Å². The molecule has 0 spiro atoms. The lowest BCUT2D eigenvalue weighted by atomic mass is 9.90. The van der Waals surface area contributed by atoms with Gasteiger partial charge in [-0.1, -0.05) is 36.4 Å². The summed E-state index contributed by atoms with van der Waals surface area (Å²) in [4.78, 5) is 0.970. The van der Waals surface area contributed by atoms with Crippen molar-refractivity contribution in [3.05, 3.63) is 68.0 Å². The minimum Gasteiger partial charge on any atom is -0.279 e. The van der Waals surface area contributed by atoms with Gasteiger partial charge in [-0.05, 0) is 77.0 Å². The largest absolute Gasteiger partial charge is 0.522 e. The van der Waals surface area contributed by atoms with E-state index in [1.54, 1.807) is 0 Å². The minimum atomic E-state index is -5.84. The fourth-order valence-electron chi connectivity index (χ4n) is 3.07. The first-order valence-electron chi connectivity index (χ1n) is 9.35. The molecule has 3 rings (SSSR count). The number of hydrogen-bond acceptors (Lipinski definition) is 3. The molecule has 0 aliphatic heterocycles. The molecule has 0 aliphatic carbocycles. The molecule has 0 unspecified atom stereocenters. The highest BCUT2D eigenvalue weighted by Gasteiger charge is 2.44. The lowest BCUT2D eigenvalue weighted by Gasteiger charge is -2.16. The Morgan fingerprint density at radius 3 is 1.94 bits per heavy atom. The second-order valence-corrected chi connectivity index (χ2v) is 10.4. The van der Waals surface area contributed by atoms with E-state index in [2.05, 4.69) is 49.7 Å². The van der Waals surface area contributed by atoms with Crippen molar-refractivity contribution in [2.45, 2.75) is 39.6 Å². The Morgan fingerprint density at radius 1 is 0.970 bits per heavy atom. The first kappa shape index (κ1) is 27.4. The molecule has 11 heteroatoms. The highest BCUT2D eigenvalue weighted by Crippen LogP contribution is 2.50. The number of thiophene rings is 1. The zero-order valence-corrected chi connectivity index (χ0v) is 21.1. The molecular formula is C22H20BrF5O3S2. The van der Waals surface area contributed by atoms with E-state index in [0.29, 0.717) is 4.47 Å². The second-order valence-electron chi connectivity index (χ2n) is 7.19. The van der Waals surface area contributed by atoms with Gasteiger partial charge in [-0.3, -0.25) is 4.55 Å². The maximum Gasteiger partial charge on any atom is 0.522 e. The lowest BCUT2D eigenvalue weighted by molar-refractivity contribution is -0.0510. The van der Waals surface area contributed by atoms with Crippen molar-refractivity contribution in [3.8, 4) is 21.6 Å². The Bertz CT molecular complexity index is 1250. The van der Waals surface area contributed by atoms with Crippen molar-refractivity contribution in [2.24, 2.45) is 0 Å². The third-order valence-electron chi connectivity index (χ3n) is 5.15. The molecule has 180 valence electrons. The van der Waals surface area contributed by atoms with Crippen LogP contribution in [-0.4, -0.2) is 18.5 Å². The van der Waals surface area contributed by atoms with Gasteiger partial charge in [0.15, 0.2) is 0 Å². The van der Waals surface area contributed by atoms with E-state index in [1.165, 1.54) is 28.0 Å². The molecule has 0 radical (unpaired) electrons. The van der Waals surface area contributed by atoms with E-state index < -0.39 is 22.1 Å². The average molecular weight is 571 g/mol. The Balaban J connectivity index is 0.000000414. The number of benzene rings is 2. The summed E-state index contributed by atoms with van der Waals surface area (Å²) in [6.45, 7) is 8.34. The van der Waals surface area contributed by atoms with Gasteiger partial charge in [0.2, 0.25) is 0 Å².